The van der Waals surface area contributed by atoms with Crippen molar-refractivity contribution < 1.29 is 8.42 Å². The summed E-state index contributed by atoms with van der Waals surface area (Å²) in [6, 6.07) is 0. The van der Waals surface area contributed by atoms with E-state index in [1.54, 1.807) is 4.31 Å². The van der Waals surface area contributed by atoms with Gasteiger partial charge in [0.25, 0.3) is 0 Å². The van der Waals surface area contributed by atoms with Crippen molar-refractivity contribution in [1.82, 2.24) is 14.5 Å². The molecule has 0 amide bonds. The number of piperazine rings is 1. The molecule has 17 heavy (non-hydrogen) atoms. The molecule has 0 unspecified atom stereocenters. The van der Waals surface area contributed by atoms with Crippen LogP contribution in [-0.2, 0) is 10.0 Å². The van der Waals surface area contributed by atoms with Gasteiger partial charge in [0.05, 0.1) is 6.26 Å². The summed E-state index contributed by atoms with van der Waals surface area (Å²) in [7, 11) is -1.05. The van der Waals surface area contributed by atoms with Gasteiger partial charge < -0.3 is 10.2 Å². The van der Waals surface area contributed by atoms with Crippen molar-refractivity contribution in [2.45, 2.75) is 13.8 Å². The fourth-order valence-corrected chi connectivity index (χ4v) is 3.19. The van der Waals surface area contributed by atoms with Crippen molar-refractivity contribution in [3.8, 4) is 0 Å². The zero-order valence-corrected chi connectivity index (χ0v) is 12.2. The summed E-state index contributed by atoms with van der Waals surface area (Å²) in [5.74, 6) is 0. The van der Waals surface area contributed by atoms with E-state index in [9.17, 15) is 8.42 Å². The Morgan fingerprint density at radius 3 is 2.12 bits per heavy atom. The van der Waals surface area contributed by atoms with Crippen LogP contribution in [0.15, 0.2) is 0 Å². The van der Waals surface area contributed by atoms with Gasteiger partial charge in [-0.15, -0.1) is 0 Å². The Hall–Kier alpha value is -0.170. The van der Waals surface area contributed by atoms with Gasteiger partial charge in [-0.05, 0) is 12.5 Å². The molecule has 1 fully saturated rings. The van der Waals surface area contributed by atoms with Crippen LogP contribution in [0.4, 0.5) is 0 Å². The Bertz CT molecular complexity index is 333. The normalized spacial score (nSPS) is 20.7. The van der Waals surface area contributed by atoms with E-state index in [0.717, 1.165) is 26.2 Å². The maximum absolute atomic E-state index is 11.4. The topological polar surface area (TPSA) is 52.6 Å². The third kappa shape index (κ3) is 4.91. The van der Waals surface area contributed by atoms with Crippen LogP contribution >= 0.6 is 0 Å². The molecule has 1 N–H and O–H groups in total. The van der Waals surface area contributed by atoms with E-state index in [1.807, 2.05) is 7.05 Å². The highest BCUT2D eigenvalue weighted by molar-refractivity contribution is 7.88. The van der Waals surface area contributed by atoms with Crippen molar-refractivity contribution in [3.63, 3.8) is 0 Å². The van der Waals surface area contributed by atoms with E-state index in [1.165, 1.54) is 6.26 Å². The lowest BCUT2D eigenvalue weighted by atomic mass is 9.92. The predicted octanol–water partition coefficient (Wildman–Crippen LogP) is -0.191. The number of nitrogens with one attached hydrogen (secondary N) is 1. The molecule has 1 aliphatic rings. The summed E-state index contributed by atoms with van der Waals surface area (Å²) in [6.07, 6.45) is 1.29. The smallest absolute Gasteiger partial charge is 0.211 e. The van der Waals surface area contributed by atoms with Crippen LogP contribution < -0.4 is 5.32 Å². The molecule has 102 valence electrons. The minimum Gasteiger partial charge on any atom is -0.319 e. The SMILES string of the molecule is CNCC(C)(C)CN1CCN(S(C)(=O)=O)CC1. The minimum atomic E-state index is -3.01. The third-order valence-corrected chi connectivity index (χ3v) is 4.41. The van der Waals surface area contributed by atoms with Gasteiger partial charge in [-0.1, -0.05) is 13.8 Å². The lowest BCUT2D eigenvalue weighted by molar-refractivity contribution is 0.132. The molecule has 0 aromatic carbocycles. The first-order chi connectivity index (χ1) is 7.74. The van der Waals surface area contributed by atoms with E-state index in [2.05, 4.69) is 24.1 Å². The van der Waals surface area contributed by atoms with Gasteiger partial charge in [0, 0.05) is 39.3 Å². The van der Waals surface area contributed by atoms with Crippen LogP contribution in [-0.4, -0.2) is 70.2 Å². The molecular formula is C11H25N3O2S. The number of hydrogen-bond acceptors (Lipinski definition) is 4. The zero-order valence-electron chi connectivity index (χ0n) is 11.4. The summed E-state index contributed by atoms with van der Waals surface area (Å²) < 4.78 is 24.3. The number of sulfonamides is 1. The van der Waals surface area contributed by atoms with Gasteiger partial charge in [-0.2, -0.15) is 4.31 Å². The van der Waals surface area contributed by atoms with Crippen LogP contribution in [0.5, 0.6) is 0 Å². The van der Waals surface area contributed by atoms with Crippen molar-refractivity contribution in [2.75, 3.05) is 52.6 Å². The second kappa shape index (κ2) is 5.65. The second-order valence-electron chi connectivity index (χ2n) is 5.63. The van der Waals surface area contributed by atoms with Gasteiger partial charge in [0.15, 0.2) is 0 Å². The van der Waals surface area contributed by atoms with E-state index < -0.39 is 10.0 Å². The van der Waals surface area contributed by atoms with E-state index in [-0.39, 0.29) is 5.41 Å². The van der Waals surface area contributed by atoms with E-state index in [4.69, 9.17) is 0 Å². The fourth-order valence-electron chi connectivity index (χ4n) is 2.36. The molecule has 1 aliphatic heterocycles. The maximum Gasteiger partial charge on any atom is 0.211 e. The van der Waals surface area contributed by atoms with Gasteiger partial charge in [-0.3, -0.25) is 0 Å². The maximum atomic E-state index is 11.4. The highest BCUT2D eigenvalue weighted by atomic mass is 32.2. The molecule has 0 spiro atoms. The Balaban J connectivity index is 2.43. The Kier molecular flexibility index (Phi) is 4.95. The van der Waals surface area contributed by atoms with Gasteiger partial charge >= 0.3 is 0 Å². The second-order valence-corrected chi connectivity index (χ2v) is 7.62. The molecule has 0 radical (unpaired) electrons. The molecule has 1 rings (SSSR count). The van der Waals surface area contributed by atoms with E-state index in [0.29, 0.717) is 13.1 Å². The van der Waals surface area contributed by atoms with Crippen LogP contribution in [0.1, 0.15) is 13.8 Å². The summed E-state index contributed by atoms with van der Waals surface area (Å²) in [5, 5.41) is 3.20. The molecule has 0 atom stereocenters. The molecule has 6 heteroatoms. The number of hydrogen-bond donors (Lipinski definition) is 1. The lowest BCUT2D eigenvalue weighted by Gasteiger charge is -2.38. The first kappa shape index (κ1) is 14.9. The van der Waals surface area contributed by atoms with E-state index >= 15 is 0 Å². The van der Waals surface area contributed by atoms with Gasteiger partial charge in [-0.25, -0.2) is 8.42 Å². The summed E-state index contributed by atoms with van der Waals surface area (Å²) in [6.45, 7) is 9.34. The van der Waals surface area contributed by atoms with Gasteiger partial charge in [0.2, 0.25) is 10.0 Å². The van der Waals surface area contributed by atoms with Crippen LogP contribution in [0, 0.1) is 5.41 Å². The summed E-state index contributed by atoms with van der Waals surface area (Å²) in [4.78, 5) is 2.35. The standard InChI is InChI=1S/C11H25N3O2S/c1-11(2,9-12-3)10-13-5-7-14(8-6-13)17(4,15)16/h12H,5-10H2,1-4H3. The van der Waals surface area contributed by atoms with Gasteiger partial charge in [0.1, 0.15) is 0 Å². The molecule has 0 saturated carbocycles. The fraction of sp³-hybridized carbons (Fsp3) is 1.00. The Morgan fingerprint density at radius 2 is 1.71 bits per heavy atom. The Labute approximate surface area is 105 Å². The van der Waals surface area contributed by atoms with Crippen molar-refractivity contribution in [1.29, 1.82) is 0 Å². The van der Waals surface area contributed by atoms with Crippen LogP contribution in [0.25, 0.3) is 0 Å². The summed E-state index contributed by atoms with van der Waals surface area (Å²) in [5.41, 5.74) is 0.224. The molecule has 1 saturated heterocycles. The molecule has 0 aromatic rings. The van der Waals surface area contributed by atoms with Crippen molar-refractivity contribution in [2.24, 2.45) is 5.41 Å². The molecular weight excluding hydrogens is 238 g/mol. The molecule has 0 aliphatic carbocycles. The average Bonchev–Trinajstić information content (AvgIpc) is 2.16. The van der Waals surface area contributed by atoms with Crippen LogP contribution in [0.3, 0.4) is 0 Å². The number of rotatable bonds is 5. The lowest BCUT2D eigenvalue weighted by Crippen LogP contribution is -2.51. The number of nitrogens with zero attached hydrogens (tertiary/aromatic N) is 2. The average molecular weight is 263 g/mol. The zero-order chi connectivity index (χ0) is 13.1. The predicted molar refractivity (Wildman–Crippen MR) is 70.6 cm³/mol. The monoisotopic (exact) mass is 263 g/mol. The first-order valence-electron chi connectivity index (χ1n) is 6.07. The highest BCUT2D eigenvalue weighted by Gasteiger charge is 2.27. The third-order valence-electron chi connectivity index (χ3n) is 3.11. The molecule has 0 aromatic heterocycles. The molecule has 5 nitrogen and oxygen atoms in total. The Morgan fingerprint density at radius 1 is 1.18 bits per heavy atom. The quantitative estimate of drug-likeness (QED) is 0.747. The largest absolute Gasteiger partial charge is 0.319 e. The minimum absolute atomic E-state index is 0.224. The first-order valence-corrected chi connectivity index (χ1v) is 7.91. The van der Waals surface area contributed by atoms with Crippen LogP contribution in [0.2, 0.25) is 0 Å². The summed E-state index contributed by atoms with van der Waals surface area (Å²) >= 11 is 0. The molecule has 1 heterocycles. The van der Waals surface area contributed by atoms with Crippen molar-refractivity contribution in [3.05, 3.63) is 0 Å². The highest BCUT2D eigenvalue weighted by Crippen LogP contribution is 2.17. The van der Waals surface area contributed by atoms with Crippen molar-refractivity contribution >= 4 is 10.0 Å². The molecule has 0 bridgehead atoms.